The summed E-state index contributed by atoms with van der Waals surface area (Å²) in [7, 11) is 0. The van der Waals surface area contributed by atoms with Crippen LogP contribution in [0.25, 0.3) is 17.0 Å². The third-order valence-corrected chi connectivity index (χ3v) is 6.76. The van der Waals surface area contributed by atoms with Crippen LogP contribution in [0.15, 0.2) is 58.8 Å². The first kappa shape index (κ1) is 21.1. The molecular formula is C25H24N4O4S. The molecule has 3 aromatic rings. The quantitative estimate of drug-likeness (QED) is 0.542. The Morgan fingerprint density at radius 2 is 1.97 bits per heavy atom. The van der Waals surface area contributed by atoms with Crippen molar-refractivity contribution < 1.29 is 18.7 Å². The molecule has 4 heterocycles. The zero-order valence-corrected chi connectivity index (χ0v) is 19.5. The molecule has 1 saturated heterocycles. The highest BCUT2D eigenvalue weighted by Crippen LogP contribution is 2.39. The van der Waals surface area contributed by atoms with Gasteiger partial charge in [0.25, 0.3) is 5.89 Å². The van der Waals surface area contributed by atoms with Crippen molar-refractivity contribution in [3.63, 3.8) is 0 Å². The Labute approximate surface area is 202 Å². The minimum absolute atomic E-state index is 0.149. The van der Waals surface area contributed by atoms with Crippen LogP contribution in [0.2, 0.25) is 0 Å². The Morgan fingerprint density at radius 3 is 2.79 bits per heavy atom. The molecule has 3 aliphatic heterocycles. The van der Waals surface area contributed by atoms with Crippen molar-refractivity contribution in [2.24, 2.45) is 0 Å². The highest BCUT2D eigenvalue weighted by molar-refractivity contribution is 7.80. The van der Waals surface area contributed by atoms with E-state index >= 15 is 0 Å². The summed E-state index contributed by atoms with van der Waals surface area (Å²) in [6.45, 7) is 3.75. The van der Waals surface area contributed by atoms with Crippen molar-refractivity contribution in [1.29, 1.82) is 0 Å². The smallest absolute Gasteiger partial charge is 0.258 e. The lowest BCUT2D eigenvalue weighted by Gasteiger charge is -2.38. The van der Waals surface area contributed by atoms with Crippen molar-refractivity contribution in [3.8, 4) is 22.9 Å². The molecule has 1 aromatic heterocycles. The van der Waals surface area contributed by atoms with Crippen molar-refractivity contribution in [1.82, 2.24) is 20.4 Å². The molecule has 0 amide bonds. The molecule has 1 N–H and O–H groups in total. The van der Waals surface area contributed by atoms with E-state index in [4.69, 9.17) is 35.9 Å². The molecule has 8 nitrogen and oxygen atoms in total. The van der Waals surface area contributed by atoms with Gasteiger partial charge in [0, 0.05) is 17.9 Å². The number of ether oxygens (including phenoxy) is 3. The molecule has 6 rings (SSSR count). The van der Waals surface area contributed by atoms with Gasteiger partial charge in [-0.25, -0.2) is 0 Å². The van der Waals surface area contributed by atoms with Crippen LogP contribution in [-0.4, -0.2) is 46.2 Å². The van der Waals surface area contributed by atoms with E-state index in [-0.39, 0.29) is 18.9 Å². The Bertz CT molecular complexity index is 1250. The Balaban J connectivity index is 1.40. The fourth-order valence-electron chi connectivity index (χ4n) is 4.65. The number of thiocarbonyl (C=S) groups is 1. The van der Waals surface area contributed by atoms with Crippen LogP contribution in [0.5, 0.6) is 11.5 Å². The molecule has 2 unspecified atom stereocenters. The van der Waals surface area contributed by atoms with E-state index in [1.165, 1.54) is 0 Å². The SMILES string of the molecule is CC1=C(c2nc(-c3ccc4c(c3)OCO4)no2)C(c2ccccc2)NC(=S)N1CC1CCCO1. The van der Waals surface area contributed by atoms with Gasteiger partial charge in [-0.1, -0.05) is 35.5 Å². The number of hydrogen-bond acceptors (Lipinski definition) is 7. The summed E-state index contributed by atoms with van der Waals surface area (Å²) >= 11 is 5.78. The van der Waals surface area contributed by atoms with Crippen molar-refractivity contribution in [2.45, 2.75) is 31.9 Å². The van der Waals surface area contributed by atoms with E-state index in [0.29, 0.717) is 34.9 Å². The van der Waals surface area contributed by atoms with Crippen LogP contribution in [0.1, 0.15) is 37.3 Å². The zero-order valence-electron chi connectivity index (χ0n) is 18.7. The van der Waals surface area contributed by atoms with Gasteiger partial charge in [0.1, 0.15) is 0 Å². The van der Waals surface area contributed by atoms with Gasteiger partial charge in [0.15, 0.2) is 16.6 Å². The maximum atomic E-state index is 5.88. The van der Waals surface area contributed by atoms with Gasteiger partial charge in [0.05, 0.1) is 24.3 Å². The Kier molecular flexibility index (Phi) is 5.43. The first-order chi connectivity index (χ1) is 16.7. The van der Waals surface area contributed by atoms with Crippen LogP contribution in [0.3, 0.4) is 0 Å². The minimum Gasteiger partial charge on any atom is -0.454 e. The van der Waals surface area contributed by atoms with Gasteiger partial charge in [-0.2, -0.15) is 4.98 Å². The lowest BCUT2D eigenvalue weighted by molar-refractivity contribution is 0.0962. The highest BCUT2D eigenvalue weighted by Gasteiger charge is 2.35. The number of nitrogens with zero attached hydrogens (tertiary/aromatic N) is 3. The van der Waals surface area contributed by atoms with Crippen LogP contribution in [-0.2, 0) is 4.74 Å². The average Bonchev–Trinajstić information content (AvgIpc) is 3.63. The zero-order chi connectivity index (χ0) is 23.1. The second-order valence-electron chi connectivity index (χ2n) is 8.53. The fraction of sp³-hybridized carbons (Fsp3) is 0.320. The lowest BCUT2D eigenvalue weighted by atomic mass is 9.94. The summed E-state index contributed by atoms with van der Waals surface area (Å²) in [6.07, 6.45) is 2.25. The molecule has 0 bridgehead atoms. The molecule has 0 radical (unpaired) electrons. The minimum atomic E-state index is -0.209. The van der Waals surface area contributed by atoms with Crippen molar-refractivity contribution >= 4 is 22.9 Å². The monoisotopic (exact) mass is 476 g/mol. The molecule has 2 aromatic carbocycles. The molecule has 9 heteroatoms. The summed E-state index contributed by atoms with van der Waals surface area (Å²) in [5.74, 6) is 2.32. The normalized spacial score (nSPS) is 21.8. The molecular weight excluding hydrogens is 452 g/mol. The van der Waals surface area contributed by atoms with Gasteiger partial charge in [-0.05, 0) is 55.7 Å². The number of rotatable bonds is 5. The molecule has 3 aliphatic rings. The van der Waals surface area contributed by atoms with E-state index in [9.17, 15) is 0 Å². The third kappa shape index (κ3) is 3.80. The average molecular weight is 477 g/mol. The summed E-state index contributed by atoms with van der Waals surface area (Å²) in [5.41, 5.74) is 3.74. The number of hydrogen-bond donors (Lipinski definition) is 1. The number of benzene rings is 2. The maximum absolute atomic E-state index is 5.88. The number of fused-ring (bicyclic) bond motifs is 1. The summed E-state index contributed by atoms with van der Waals surface area (Å²) in [4.78, 5) is 6.86. The highest BCUT2D eigenvalue weighted by atomic mass is 32.1. The predicted molar refractivity (Wildman–Crippen MR) is 129 cm³/mol. The second-order valence-corrected chi connectivity index (χ2v) is 8.92. The topological polar surface area (TPSA) is 81.9 Å². The summed E-state index contributed by atoms with van der Waals surface area (Å²) in [5, 5.41) is 8.44. The van der Waals surface area contributed by atoms with Crippen LogP contribution in [0.4, 0.5) is 0 Å². The van der Waals surface area contributed by atoms with Gasteiger partial charge in [-0.15, -0.1) is 0 Å². The van der Waals surface area contributed by atoms with Gasteiger partial charge >= 0.3 is 0 Å². The molecule has 0 aliphatic carbocycles. The number of allylic oxidation sites excluding steroid dienone is 1. The van der Waals surface area contributed by atoms with Gasteiger partial charge in [-0.3, -0.25) is 0 Å². The van der Waals surface area contributed by atoms with E-state index in [0.717, 1.165) is 41.8 Å². The van der Waals surface area contributed by atoms with Crippen LogP contribution in [0, 0.1) is 0 Å². The molecule has 1 fully saturated rings. The van der Waals surface area contributed by atoms with Crippen LogP contribution < -0.4 is 14.8 Å². The first-order valence-corrected chi connectivity index (χ1v) is 11.8. The van der Waals surface area contributed by atoms with Gasteiger partial charge < -0.3 is 29.0 Å². The van der Waals surface area contributed by atoms with Crippen LogP contribution >= 0.6 is 12.2 Å². The molecule has 2 atom stereocenters. The molecule has 0 spiro atoms. The van der Waals surface area contributed by atoms with Crippen molar-refractivity contribution in [3.05, 3.63) is 65.7 Å². The second kappa shape index (κ2) is 8.73. The predicted octanol–water partition coefficient (Wildman–Crippen LogP) is 4.31. The molecule has 174 valence electrons. The Morgan fingerprint density at radius 1 is 1.12 bits per heavy atom. The van der Waals surface area contributed by atoms with E-state index in [1.807, 2.05) is 36.4 Å². The maximum Gasteiger partial charge on any atom is 0.258 e. The third-order valence-electron chi connectivity index (χ3n) is 6.43. The standard InChI is InChI=1S/C25H24N4O4S/c1-15-21(24-27-23(28-33-24)17-9-10-19-20(12-17)32-14-31-19)22(16-6-3-2-4-7-16)26-25(34)29(15)13-18-8-5-11-30-18/h2-4,6-7,9-10,12,18,22H,5,8,11,13-14H2,1H3,(H,26,34). The fourth-order valence-corrected chi connectivity index (χ4v) is 4.98. The largest absolute Gasteiger partial charge is 0.454 e. The number of nitrogens with one attached hydrogen (secondary N) is 1. The number of aromatic nitrogens is 2. The summed E-state index contributed by atoms with van der Waals surface area (Å²) in [6, 6.07) is 15.6. The molecule has 34 heavy (non-hydrogen) atoms. The lowest BCUT2D eigenvalue weighted by Crippen LogP contribution is -2.48. The van der Waals surface area contributed by atoms with E-state index in [1.54, 1.807) is 0 Å². The molecule has 0 saturated carbocycles. The summed E-state index contributed by atoms with van der Waals surface area (Å²) < 4.78 is 22.6. The first-order valence-electron chi connectivity index (χ1n) is 11.4. The van der Waals surface area contributed by atoms with E-state index < -0.39 is 0 Å². The van der Waals surface area contributed by atoms with E-state index in [2.05, 4.69) is 34.4 Å². The van der Waals surface area contributed by atoms with Gasteiger partial charge in [0.2, 0.25) is 12.6 Å². The Hall–Kier alpha value is -3.43. The van der Waals surface area contributed by atoms with Crippen molar-refractivity contribution in [2.75, 3.05) is 19.9 Å².